The van der Waals surface area contributed by atoms with Gasteiger partial charge in [-0.25, -0.2) is 4.98 Å². The van der Waals surface area contributed by atoms with Gasteiger partial charge in [0, 0.05) is 22.5 Å². The van der Waals surface area contributed by atoms with Crippen molar-refractivity contribution in [2.24, 2.45) is 0 Å². The topological polar surface area (TPSA) is 86.5 Å². The lowest BCUT2D eigenvalue weighted by atomic mass is 10.1. The third-order valence-electron chi connectivity index (χ3n) is 4.52. The molecule has 0 aliphatic carbocycles. The van der Waals surface area contributed by atoms with Crippen LogP contribution in [0.25, 0.3) is 21.1 Å². The van der Waals surface area contributed by atoms with E-state index in [0.29, 0.717) is 27.8 Å². The first-order valence-corrected chi connectivity index (χ1v) is 9.44. The summed E-state index contributed by atoms with van der Waals surface area (Å²) < 4.78 is 10.5. The first kappa shape index (κ1) is 18.1. The number of aromatic nitrogens is 1. The molecule has 3 N–H and O–H groups in total. The van der Waals surface area contributed by atoms with Crippen LogP contribution in [-0.4, -0.2) is 25.1 Å². The van der Waals surface area contributed by atoms with E-state index in [1.54, 1.807) is 32.4 Å². The van der Waals surface area contributed by atoms with Crippen molar-refractivity contribution < 1.29 is 14.3 Å². The van der Waals surface area contributed by atoms with Gasteiger partial charge in [0.05, 0.1) is 25.4 Å². The maximum Gasteiger partial charge on any atom is 0.267 e. The average Bonchev–Trinajstić information content (AvgIpc) is 3.02. The number of pyridine rings is 1. The maximum absolute atomic E-state index is 12.8. The molecule has 1 amide bonds. The first-order valence-electron chi connectivity index (χ1n) is 8.63. The Balaban J connectivity index is 1.71. The number of nitrogens with two attached hydrogens (primary N) is 1. The Hall–Kier alpha value is -3.32. The molecular formula is C21H19N3O3S. The highest BCUT2D eigenvalue weighted by Crippen LogP contribution is 2.36. The van der Waals surface area contributed by atoms with Crippen LogP contribution in [0.4, 0.5) is 11.4 Å². The van der Waals surface area contributed by atoms with Crippen LogP contribution in [0.5, 0.6) is 11.5 Å². The normalized spacial score (nSPS) is 11.0. The molecule has 6 nitrogen and oxygen atoms in total. The fourth-order valence-corrected chi connectivity index (χ4v) is 4.05. The number of nitrogens with zero attached hydrogens (tertiary/aromatic N) is 1. The molecule has 4 rings (SSSR count). The van der Waals surface area contributed by atoms with Gasteiger partial charge in [-0.2, -0.15) is 0 Å². The van der Waals surface area contributed by atoms with Gasteiger partial charge in [-0.15, -0.1) is 11.3 Å². The molecule has 0 spiro atoms. The number of methoxy groups -OCH3 is 2. The molecule has 0 atom stereocenters. The summed E-state index contributed by atoms with van der Waals surface area (Å²) in [6, 6.07) is 13.2. The molecule has 2 aromatic carbocycles. The second-order valence-corrected chi connectivity index (χ2v) is 7.41. The predicted octanol–water partition coefficient (Wildman–Crippen LogP) is 4.61. The second kappa shape index (κ2) is 7.01. The van der Waals surface area contributed by atoms with E-state index in [1.165, 1.54) is 11.3 Å². The number of carbonyl (C=O) groups excluding carboxylic acids is 1. The van der Waals surface area contributed by atoms with Crippen LogP contribution >= 0.6 is 11.3 Å². The van der Waals surface area contributed by atoms with Gasteiger partial charge in [0.25, 0.3) is 5.91 Å². The predicted molar refractivity (Wildman–Crippen MR) is 114 cm³/mol. The number of hydrogen-bond donors (Lipinski definition) is 2. The Morgan fingerprint density at radius 2 is 1.86 bits per heavy atom. The number of nitrogen functional groups attached to an aromatic ring is 1. The van der Waals surface area contributed by atoms with Crippen molar-refractivity contribution >= 4 is 49.7 Å². The van der Waals surface area contributed by atoms with E-state index >= 15 is 0 Å². The zero-order chi connectivity index (χ0) is 19.8. The molecule has 28 heavy (non-hydrogen) atoms. The summed E-state index contributed by atoms with van der Waals surface area (Å²) in [4.78, 5) is 18.7. The minimum Gasteiger partial charge on any atom is -0.493 e. The lowest BCUT2D eigenvalue weighted by Gasteiger charge is -2.10. The quantitative estimate of drug-likeness (QED) is 0.529. The fourth-order valence-electron chi connectivity index (χ4n) is 3.07. The number of rotatable bonds is 4. The highest BCUT2D eigenvalue weighted by molar-refractivity contribution is 7.21. The number of fused-ring (bicyclic) bond motifs is 2. The monoisotopic (exact) mass is 393 g/mol. The van der Waals surface area contributed by atoms with E-state index < -0.39 is 0 Å². The standard InChI is InChI=1S/C21H19N3O3S/c1-11-4-5-12-9-14-18(22)19(28-21(14)24-15(12)8-11)20(25)23-13-6-7-16(26-2)17(10-13)27-3/h4-10H,22H2,1-3H3,(H,23,25). The van der Waals surface area contributed by atoms with Crippen LogP contribution in [-0.2, 0) is 0 Å². The molecule has 0 aliphatic rings. The molecule has 142 valence electrons. The van der Waals surface area contributed by atoms with Gasteiger partial charge in [-0.05, 0) is 36.8 Å². The second-order valence-electron chi connectivity index (χ2n) is 6.41. The van der Waals surface area contributed by atoms with Gasteiger partial charge in [-0.1, -0.05) is 12.1 Å². The van der Waals surface area contributed by atoms with E-state index in [-0.39, 0.29) is 5.91 Å². The van der Waals surface area contributed by atoms with Crippen molar-refractivity contribution in [3.05, 3.63) is 52.9 Å². The van der Waals surface area contributed by atoms with Crippen molar-refractivity contribution in [1.29, 1.82) is 0 Å². The Bertz CT molecular complexity index is 1220. The summed E-state index contributed by atoms with van der Waals surface area (Å²) in [5.41, 5.74) is 9.33. The highest BCUT2D eigenvalue weighted by atomic mass is 32.1. The van der Waals surface area contributed by atoms with Crippen LogP contribution in [0.2, 0.25) is 0 Å². The molecule has 0 fully saturated rings. The van der Waals surface area contributed by atoms with Crippen LogP contribution in [0, 0.1) is 6.92 Å². The third-order valence-corrected chi connectivity index (χ3v) is 5.63. The van der Waals surface area contributed by atoms with Crippen LogP contribution in [0.15, 0.2) is 42.5 Å². The summed E-state index contributed by atoms with van der Waals surface area (Å²) in [7, 11) is 3.11. The smallest absolute Gasteiger partial charge is 0.267 e. The lowest BCUT2D eigenvalue weighted by Crippen LogP contribution is -2.12. The zero-order valence-electron chi connectivity index (χ0n) is 15.7. The summed E-state index contributed by atoms with van der Waals surface area (Å²) in [5.74, 6) is 0.842. The van der Waals surface area contributed by atoms with Crippen molar-refractivity contribution in [3.8, 4) is 11.5 Å². The molecule has 0 aliphatic heterocycles. The van der Waals surface area contributed by atoms with E-state index in [1.807, 2.05) is 31.2 Å². The molecular weight excluding hydrogens is 374 g/mol. The summed E-state index contributed by atoms with van der Waals surface area (Å²) in [6.07, 6.45) is 0. The van der Waals surface area contributed by atoms with Crippen molar-refractivity contribution in [3.63, 3.8) is 0 Å². The molecule has 7 heteroatoms. The highest BCUT2D eigenvalue weighted by Gasteiger charge is 2.18. The van der Waals surface area contributed by atoms with E-state index in [2.05, 4.69) is 10.3 Å². The molecule has 0 radical (unpaired) electrons. The number of anilines is 2. The molecule has 0 saturated carbocycles. The Kier molecular flexibility index (Phi) is 4.52. The van der Waals surface area contributed by atoms with E-state index in [0.717, 1.165) is 26.7 Å². The largest absolute Gasteiger partial charge is 0.493 e. The number of aryl methyl sites for hydroxylation is 1. The fraction of sp³-hybridized carbons (Fsp3) is 0.143. The molecule has 0 saturated heterocycles. The zero-order valence-corrected chi connectivity index (χ0v) is 16.5. The van der Waals surface area contributed by atoms with Gasteiger partial charge in [0.15, 0.2) is 11.5 Å². The van der Waals surface area contributed by atoms with Gasteiger partial charge in [0.2, 0.25) is 0 Å². The van der Waals surface area contributed by atoms with Gasteiger partial charge >= 0.3 is 0 Å². The van der Waals surface area contributed by atoms with Gasteiger partial charge in [0.1, 0.15) is 9.71 Å². The number of amides is 1. The number of ether oxygens (including phenoxy) is 2. The van der Waals surface area contributed by atoms with E-state index in [4.69, 9.17) is 15.2 Å². The summed E-state index contributed by atoms with van der Waals surface area (Å²) >= 11 is 1.29. The average molecular weight is 393 g/mol. The summed E-state index contributed by atoms with van der Waals surface area (Å²) in [5, 5.41) is 4.65. The number of hydrogen-bond acceptors (Lipinski definition) is 6. The molecule has 2 aromatic heterocycles. The Morgan fingerprint density at radius 1 is 1.07 bits per heavy atom. The minimum atomic E-state index is -0.284. The minimum absolute atomic E-state index is 0.284. The Labute approximate surface area is 165 Å². The van der Waals surface area contributed by atoms with Crippen LogP contribution in [0.3, 0.4) is 0 Å². The van der Waals surface area contributed by atoms with Crippen molar-refractivity contribution in [2.75, 3.05) is 25.3 Å². The molecule has 2 heterocycles. The van der Waals surface area contributed by atoms with Crippen LogP contribution in [0.1, 0.15) is 15.2 Å². The van der Waals surface area contributed by atoms with Crippen LogP contribution < -0.4 is 20.5 Å². The first-order chi connectivity index (χ1) is 13.5. The van der Waals surface area contributed by atoms with Crippen molar-refractivity contribution in [1.82, 2.24) is 4.98 Å². The summed E-state index contributed by atoms with van der Waals surface area (Å²) in [6.45, 7) is 2.02. The van der Waals surface area contributed by atoms with E-state index in [9.17, 15) is 4.79 Å². The Morgan fingerprint density at radius 3 is 2.61 bits per heavy atom. The maximum atomic E-state index is 12.8. The third kappa shape index (κ3) is 3.10. The number of carbonyl (C=O) groups is 1. The number of thiophene rings is 1. The number of nitrogens with one attached hydrogen (secondary N) is 1. The molecule has 0 unspecified atom stereocenters. The lowest BCUT2D eigenvalue weighted by molar-refractivity contribution is 0.103. The molecule has 4 aromatic rings. The SMILES string of the molecule is COc1ccc(NC(=O)c2sc3nc4cc(C)ccc4cc3c2N)cc1OC. The van der Waals surface area contributed by atoms with Gasteiger partial charge < -0.3 is 20.5 Å². The van der Waals surface area contributed by atoms with Gasteiger partial charge in [-0.3, -0.25) is 4.79 Å². The molecule has 0 bridgehead atoms. The number of benzene rings is 2. The van der Waals surface area contributed by atoms with Crippen molar-refractivity contribution in [2.45, 2.75) is 6.92 Å².